The molecule has 0 saturated carbocycles. The van der Waals surface area contributed by atoms with Crippen LogP contribution in [0.3, 0.4) is 0 Å². The molecule has 28 heavy (non-hydrogen) atoms. The standard InChI is InChI=1S/C18H22N8O2/c1-4-5-14-15(21-25-26(14)17-16(19)23-28-24-17)18(27)22-20-10-12-6-8-13(9-7-12)11(2)3/h6-11H,4-5H2,1-3H3,(H2,19,23)(H,22,27). The van der Waals surface area contributed by atoms with Crippen molar-refractivity contribution in [1.82, 2.24) is 30.7 Å². The quantitative estimate of drug-likeness (QED) is 0.471. The van der Waals surface area contributed by atoms with E-state index in [4.69, 9.17) is 5.73 Å². The molecule has 0 aliphatic heterocycles. The number of nitrogens with zero attached hydrogens (tertiary/aromatic N) is 6. The Kier molecular flexibility index (Phi) is 5.78. The van der Waals surface area contributed by atoms with E-state index in [1.165, 1.54) is 10.2 Å². The molecule has 0 unspecified atom stereocenters. The van der Waals surface area contributed by atoms with E-state index in [0.717, 1.165) is 12.0 Å². The molecule has 2 heterocycles. The van der Waals surface area contributed by atoms with Gasteiger partial charge >= 0.3 is 0 Å². The number of hydrogen-bond donors (Lipinski definition) is 2. The van der Waals surface area contributed by atoms with E-state index in [1.54, 1.807) is 6.21 Å². The first-order valence-electron chi connectivity index (χ1n) is 8.97. The van der Waals surface area contributed by atoms with Crippen LogP contribution in [0.5, 0.6) is 0 Å². The molecule has 0 atom stereocenters. The Morgan fingerprint density at radius 2 is 2.07 bits per heavy atom. The average molecular weight is 382 g/mol. The number of nitrogens with two attached hydrogens (primary N) is 1. The molecule has 0 radical (unpaired) electrons. The summed E-state index contributed by atoms with van der Waals surface area (Å²) in [6.07, 6.45) is 2.89. The van der Waals surface area contributed by atoms with Gasteiger partial charge in [-0.2, -0.15) is 9.78 Å². The highest BCUT2D eigenvalue weighted by Crippen LogP contribution is 2.17. The van der Waals surface area contributed by atoms with Crippen LogP contribution in [0.15, 0.2) is 34.0 Å². The first-order valence-corrected chi connectivity index (χ1v) is 8.97. The fraction of sp³-hybridized carbons (Fsp3) is 0.333. The third-order valence-electron chi connectivity index (χ3n) is 4.14. The van der Waals surface area contributed by atoms with E-state index in [9.17, 15) is 4.79 Å². The third-order valence-corrected chi connectivity index (χ3v) is 4.14. The molecule has 1 amide bonds. The van der Waals surface area contributed by atoms with Crippen LogP contribution in [-0.2, 0) is 6.42 Å². The maximum absolute atomic E-state index is 12.5. The van der Waals surface area contributed by atoms with Crippen LogP contribution >= 0.6 is 0 Å². The van der Waals surface area contributed by atoms with Crippen LogP contribution in [0, 0.1) is 0 Å². The Morgan fingerprint density at radius 3 is 2.68 bits per heavy atom. The second-order valence-corrected chi connectivity index (χ2v) is 6.54. The minimum atomic E-state index is -0.472. The van der Waals surface area contributed by atoms with Crippen molar-refractivity contribution in [3.05, 3.63) is 46.8 Å². The molecule has 0 fully saturated rings. The van der Waals surface area contributed by atoms with Crippen molar-refractivity contribution in [3.8, 4) is 5.82 Å². The van der Waals surface area contributed by atoms with E-state index in [2.05, 4.69) is 49.6 Å². The Bertz CT molecular complexity index is 972. The highest BCUT2D eigenvalue weighted by molar-refractivity contribution is 5.94. The molecular formula is C18H22N8O2. The van der Waals surface area contributed by atoms with E-state index >= 15 is 0 Å². The minimum Gasteiger partial charge on any atom is -0.378 e. The zero-order chi connectivity index (χ0) is 20.1. The summed E-state index contributed by atoms with van der Waals surface area (Å²) < 4.78 is 5.96. The first kappa shape index (κ1) is 19.2. The monoisotopic (exact) mass is 382 g/mol. The third kappa shape index (κ3) is 4.05. The SMILES string of the molecule is CCCc1c(C(=O)NN=Cc2ccc(C(C)C)cc2)nnn1-c1nonc1N. The second kappa shape index (κ2) is 8.42. The smallest absolute Gasteiger partial charge is 0.293 e. The number of carbonyl (C=O) groups is 1. The van der Waals surface area contributed by atoms with Crippen molar-refractivity contribution in [3.63, 3.8) is 0 Å². The number of anilines is 1. The van der Waals surface area contributed by atoms with E-state index in [1.807, 2.05) is 31.2 Å². The number of aromatic nitrogens is 5. The zero-order valence-corrected chi connectivity index (χ0v) is 16.0. The number of hydrazone groups is 1. The predicted octanol–water partition coefficient (Wildman–Crippen LogP) is 2.07. The second-order valence-electron chi connectivity index (χ2n) is 6.54. The normalized spacial score (nSPS) is 11.4. The number of nitrogen functional groups attached to an aromatic ring is 1. The van der Waals surface area contributed by atoms with Crippen LogP contribution in [-0.4, -0.2) is 37.4 Å². The van der Waals surface area contributed by atoms with Crippen molar-refractivity contribution in [2.75, 3.05) is 5.73 Å². The molecule has 0 saturated heterocycles. The Balaban J connectivity index is 1.75. The van der Waals surface area contributed by atoms with Gasteiger partial charge in [0.25, 0.3) is 5.91 Å². The number of nitrogens with one attached hydrogen (secondary N) is 1. The lowest BCUT2D eigenvalue weighted by Gasteiger charge is -2.05. The van der Waals surface area contributed by atoms with E-state index < -0.39 is 5.91 Å². The molecule has 2 aromatic heterocycles. The van der Waals surface area contributed by atoms with Crippen molar-refractivity contribution < 1.29 is 9.42 Å². The number of amides is 1. The van der Waals surface area contributed by atoms with E-state index in [-0.39, 0.29) is 17.3 Å². The minimum absolute atomic E-state index is 0.0667. The van der Waals surface area contributed by atoms with Gasteiger partial charge in [-0.1, -0.05) is 56.7 Å². The van der Waals surface area contributed by atoms with Crippen LogP contribution < -0.4 is 11.2 Å². The van der Waals surface area contributed by atoms with Gasteiger partial charge in [0, 0.05) is 0 Å². The summed E-state index contributed by atoms with van der Waals surface area (Å²) in [6.45, 7) is 6.24. The number of rotatable bonds is 7. The molecule has 3 aromatic rings. The number of benzene rings is 1. The van der Waals surface area contributed by atoms with E-state index in [0.29, 0.717) is 18.0 Å². The van der Waals surface area contributed by atoms with Gasteiger partial charge in [0.15, 0.2) is 5.69 Å². The summed E-state index contributed by atoms with van der Waals surface area (Å²) in [6, 6.07) is 7.97. The molecule has 10 heteroatoms. The molecule has 0 aliphatic carbocycles. The summed E-state index contributed by atoms with van der Waals surface area (Å²) >= 11 is 0. The van der Waals surface area contributed by atoms with Crippen molar-refractivity contribution in [2.45, 2.75) is 39.5 Å². The van der Waals surface area contributed by atoms with Crippen LogP contribution in [0.25, 0.3) is 5.82 Å². The Hall–Kier alpha value is -3.56. The zero-order valence-electron chi connectivity index (χ0n) is 16.0. The topological polar surface area (TPSA) is 137 Å². The van der Waals surface area contributed by atoms with Gasteiger partial charge in [-0.25, -0.2) is 10.1 Å². The van der Waals surface area contributed by atoms with Crippen molar-refractivity contribution in [1.29, 1.82) is 0 Å². The number of carbonyl (C=O) groups excluding carboxylic acids is 1. The Morgan fingerprint density at radius 1 is 1.32 bits per heavy atom. The maximum atomic E-state index is 12.5. The molecule has 1 aromatic carbocycles. The molecule has 0 bridgehead atoms. The van der Waals surface area contributed by atoms with Crippen LogP contribution in [0.1, 0.15) is 60.4 Å². The summed E-state index contributed by atoms with van der Waals surface area (Å²) in [5.74, 6) is 0.250. The van der Waals surface area contributed by atoms with Crippen LogP contribution in [0.4, 0.5) is 5.82 Å². The summed E-state index contributed by atoms with van der Waals surface area (Å²) in [5.41, 5.74) is 11.0. The molecule has 3 N–H and O–H groups in total. The van der Waals surface area contributed by atoms with Gasteiger partial charge in [0.1, 0.15) is 0 Å². The summed E-state index contributed by atoms with van der Waals surface area (Å²) in [4.78, 5) is 12.5. The fourth-order valence-electron chi connectivity index (χ4n) is 2.63. The lowest BCUT2D eigenvalue weighted by atomic mass is 10.0. The van der Waals surface area contributed by atoms with Gasteiger partial charge in [-0.15, -0.1) is 5.10 Å². The molecule has 0 aliphatic rings. The van der Waals surface area contributed by atoms with Crippen LogP contribution in [0.2, 0.25) is 0 Å². The highest BCUT2D eigenvalue weighted by Gasteiger charge is 2.23. The largest absolute Gasteiger partial charge is 0.378 e. The first-order chi connectivity index (χ1) is 13.5. The summed E-state index contributed by atoms with van der Waals surface area (Å²) in [7, 11) is 0. The van der Waals surface area contributed by atoms with Gasteiger partial charge in [0.2, 0.25) is 11.6 Å². The van der Waals surface area contributed by atoms with Gasteiger partial charge in [-0.3, -0.25) is 4.79 Å². The van der Waals surface area contributed by atoms with Gasteiger partial charge in [0.05, 0.1) is 11.9 Å². The summed E-state index contributed by atoms with van der Waals surface area (Å²) in [5, 5.41) is 19.2. The highest BCUT2D eigenvalue weighted by atomic mass is 16.6. The maximum Gasteiger partial charge on any atom is 0.293 e. The average Bonchev–Trinajstić information content (AvgIpc) is 3.28. The lowest BCUT2D eigenvalue weighted by molar-refractivity contribution is 0.0949. The molecule has 146 valence electrons. The fourth-order valence-corrected chi connectivity index (χ4v) is 2.63. The van der Waals surface area contributed by atoms with Crippen molar-refractivity contribution in [2.24, 2.45) is 5.10 Å². The predicted molar refractivity (Wildman–Crippen MR) is 103 cm³/mol. The molecular weight excluding hydrogens is 360 g/mol. The molecule has 0 spiro atoms. The molecule has 3 rings (SSSR count). The lowest BCUT2D eigenvalue weighted by Crippen LogP contribution is -2.20. The Labute approximate surface area is 161 Å². The van der Waals surface area contributed by atoms with Gasteiger partial charge in [-0.05, 0) is 33.8 Å². The number of hydrogen-bond acceptors (Lipinski definition) is 8. The van der Waals surface area contributed by atoms with Crippen molar-refractivity contribution >= 4 is 17.9 Å². The van der Waals surface area contributed by atoms with Gasteiger partial charge < -0.3 is 5.73 Å². The molecule has 10 nitrogen and oxygen atoms in total.